The molecule has 3 aliphatic heterocycles. The van der Waals surface area contributed by atoms with E-state index in [0.717, 1.165) is 42.2 Å². The number of ether oxygens (including phenoxy) is 5. The van der Waals surface area contributed by atoms with Gasteiger partial charge < -0.3 is 33.7 Å². The molecule has 7 heterocycles. The largest absolute Gasteiger partial charge is 0.490 e. The summed E-state index contributed by atoms with van der Waals surface area (Å²) in [7, 11) is 3.64. The molecule has 0 aliphatic carbocycles. The van der Waals surface area contributed by atoms with Gasteiger partial charge in [-0.2, -0.15) is 0 Å². The maximum Gasteiger partial charge on any atom is 0.345 e. The lowest BCUT2D eigenvalue weighted by Crippen LogP contribution is -2.49. The van der Waals surface area contributed by atoms with E-state index >= 15 is 0 Å². The van der Waals surface area contributed by atoms with Crippen molar-refractivity contribution in [2.75, 3.05) is 53.5 Å². The summed E-state index contributed by atoms with van der Waals surface area (Å²) in [4.78, 5) is 41.7. The highest BCUT2D eigenvalue weighted by Crippen LogP contribution is 2.49. The van der Waals surface area contributed by atoms with Gasteiger partial charge in [-0.05, 0) is 85.3 Å². The fraction of sp³-hybridized carbons (Fsp3) is 0.277. The van der Waals surface area contributed by atoms with E-state index in [2.05, 4.69) is 36.8 Å². The van der Waals surface area contributed by atoms with E-state index in [0.29, 0.717) is 78.7 Å². The van der Waals surface area contributed by atoms with Gasteiger partial charge in [-0.15, -0.1) is 11.3 Å². The maximum absolute atomic E-state index is 14.3. The minimum Gasteiger partial charge on any atom is -0.490 e. The van der Waals surface area contributed by atoms with Crippen molar-refractivity contribution in [3.05, 3.63) is 119 Å². The van der Waals surface area contributed by atoms with Crippen molar-refractivity contribution in [2.45, 2.75) is 32.2 Å². The molecule has 0 amide bonds. The lowest BCUT2D eigenvalue weighted by Gasteiger charge is -2.34. The number of halogens is 2. The first-order chi connectivity index (χ1) is 31.1. The molecule has 0 radical (unpaired) electrons. The summed E-state index contributed by atoms with van der Waals surface area (Å²) in [6, 6.07) is 20.5. The molecular weight excluding hydrogens is 861 g/mol. The number of nitrogens with zero attached hydrogens (tertiary/aromatic N) is 7. The number of rotatable bonds is 9. The topological polar surface area (TPSA) is 154 Å². The average molecular weight is 904 g/mol. The van der Waals surface area contributed by atoms with Crippen LogP contribution < -0.4 is 23.7 Å². The zero-order valence-corrected chi connectivity index (χ0v) is 36.7. The van der Waals surface area contributed by atoms with Crippen molar-refractivity contribution < 1.29 is 38.0 Å². The van der Waals surface area contributed by atoms with Crippen LogP contribution in [0.2, 0.25) is 5.02 Å². The highest BCUT2D eigenvalue weighted by Gasteiger charge is 2.30. The lowest BCUT2D eigenvalue weighted by molar-refractivity contribution is -0.145. The van der Waals surface area contributed by atoms with Crippen LogP contribution in [0.4, 0.5) is 4.39 Å². The van der Waals surface area contributed by atoms with Crippen LogP contribution in [0.25, 0.3) is 43.2 Å². The van der Waals surface area contributed by atoms with Crippen LogP contribution in [-0.2, 0) is 17.8 Å². The van der Waals surface area contributed by atoms with E-state index in [1.54, 1.807) is 54.9 Å². The Kier molecular flexibility index (Phi) is 12.5. The fourth-order valence-electron chi connectivity index (χ4n) is 7.83. The Bertz CT molecular complexity index is 2820. The number of thiophene rings is 1. The third-order valence-corrected chi connectivity index (χ3v) is 12.8. The number of pyridine rings is 1. The predicted octanol–water partition coefficient (Wildman–Crippen LogP) is 8.03. The number of likely N-dealkylation sites (N-methyl/N-ethyl adjacent to an activating group) is 1. The summed E-state index contributed by atoms with van der Waals surface area (Å²) in [6.45, 7) is 6.22. The van der Waals surface area contributed by atoms with Gasteiger partial charge in [-0.25, -0.2) is 34.1 Å². The smallest absolute Gasteiger partial charge is 0.345 e. The van der Waals surface area contributed by atoms with Crippen LogP contribution in [0.3, 0.4) is 0 Å². The van der Waals surface area contributed by atoms with Gasteiger partial charge in [0.1, 0.15) is 53.5 Å². The van der Waals surface area contributed by atoms with Gasteiger partial charge in [0.05, 0.1) is 28.8 Å². The number of aromatic nitrogens is 5. The van der Waals surface area contributed by atoms with Gasteiger partial charge in [-0.3, -0.25) is 4.90 Å². The number of methoxy groups -OCH3 is 1. The Morgan fingerprint density at radius 2 is 1.80 bits per heavy atom. The van der Waals surface area contributed by atoms with Crippen molar-refractivity contribution in [1.82, 2.24) is 34.7 Å². The summed E-state index contributed by atoms with van der Waals surface area (Å²) < 4.78 is 45.8. The normalized spacial score (nSPS) is 17.0. The Balaban J connectivity index is 1.13. The number of aliphatic carboxylic acids is 1. The molecule has 0 saturated carbocycles. The van der Waals surface area contributed by atoms with E-state index in [1.165, 1.54) is 36.9 Å². The van der Waals surface area contributed by atoms with Gasteiger partial charge in [0, 0.05) is 67.5 Å². The number of fused-ring (bicyclic) bond motifs is 7. The average Bonchev–Trinajstić information content (AvgIpc) is 3.70. The van der Waals surface area contributed by atoms with Crippen molar-refractivity contribution in [3.8, 4) is 62.0 Å². The van der Waals surface area contributed by atoms with E-state index in [-0.39, 0.29) is 31.3 Å². The van der Waals surface area contributed by atoms with Crippen molar-refractivity contribution in [3.63, 3.8) is 0 Å². The molecule has 64 heavy (non-hydrogen) atoms. The molecule has 0 unspecified atom stereocenters. The molecule has 2 atom stereocenters. The zero-order chi connectivity index (χ0) is 44.3. The Labute approximate surface area is 377 Å². The highest BCUT2D eigenvalue weighted by molar-refractivity contribution is 7.22. The fourth-order valence-corrected chi connectivity index (χ4v) is 9.19. The second-order valence-corrected chi connectivity index (χ2v) is 16.9. The van der Waals surface area contributed by atoms with Gasteiger partial charge in [0.2, 0.25) is 17.9 Å². The van der Waals surface area contributed by atoms with Gasteiger partial charge in [-0.1, -0.05) is 29.8 Å². The molecule has 3 aliphatic rings. The third-order valence-electron chi connectivity index (χ3n) is 11.2. The van der Waals surface area contributed by atoms with E-state index < -0.39 is 18.2 Å². The Morgan fingerprint density at radius 1 is 0.969 bits per heavy atom. The molecule has 3 aromatic carbocycles. The Hall–Kier alpha value is -6.46. The van der Waals surface area contributed by atoms with Gasteiger partial charge in [0.25, 0.3) is 0 Å². The molecule has 17 heteroatoms. The standard InChI is InChI=1S/C47H43ClFN7O7S/c1-27-34-11-13-37(41(27)48)62-33(23-56-19-17-55(2)18-20-56)25-60-32-10-12-36(61-24-31-14-16-50-43(54-31)35-5-4-15-51-44(35)59-3)29(21-32)22-38(47(57)58)63-45-40-39(34)42(64-46(40)53-26-52-45)28-6-8-30(49)9-7-28/h4-16,21,26,33,38H,17-20,22-25H2,1-3H3,(H,57,58)/t33-,38-/m1/s1. The van der Waals surface area contributed by atoms with Gasteiger partial charge in [0.15, 0.2) is 5.82 Å². The number of piperazine rings is 1. The van der Waals surface area contributed by atoms with E-state index in [9.17, 15) is 14.3 Å². The predicted molar refractivity (Wildman–Crippen MR) is 240 cm³/mol. The number of hydrogen-bond acceptors (Lipinski definition) is 14. The van der Waals surface area contributed by atoms with E-state index in [4.69, 9.17) is 40.3 Å². The Morgan fingerprint density at radius 3 is 2.59 bits per heavy atom. The van der Waals surface area contributed by atoms with Gasteiger partial charge >= 0.3 is 5.97 Å². The monoisotopic (exact) mass is 903 g/mol. The molecule has 7 aromatic rings. The minimum absolute atomic E-state index is 0.0269. The first-order valence-corrected chi connectivity index (χ1v) is 21.8. The molecule has 0 spiro atoms. The first-order valence-electron chi connectivity index (χ1n) is 20.6. The molecule has 1 saturated heterocycles. The second kappa shape index (κ2) is 18.7. The summed E-state index contributed by atoms with van der Waals surface area (Å²) in [5.41, 5.74) is 4.50. The lowest BCUT2D eigenvalue weighted by atomic mass is 9.96. The van der Waals surface area contributed by atoms with Crippen molar-refractivity contribution in [1.29, 1.82) is 0 Å². The van der Waals surface area contributed by atoms with Crippen LogP contribution in [0.5, 0.6) is 29.0 Å². The minimum atomic E-state index is -1.45. The number of carboxylic acids is 1. The van der Waals surface area contributed by atoms with Crippen LogP contribution in [0, 0.1) is 12.7 Å². The molecule has 1 fully saturated rings. The van der Waals surface area contributed by atoms with Crippen LogP contribution in [-0.4, -0.2) is 111 Å². The summed E-state index contributed by atoms with van der Waals surface area (Å²) in [5.74, 6) is 0.585. The van der Waals surface area contributed by atoms with Crippen LogP contribution in [0.15, 0.2) is 91.5 Å². The highest BCUT2D eigenvalue weighted by atomic mass is 35.5. The second-order valence-electron chi connectivity index (χ2n) is 15.5. The SMILES string of the molecule is COc1ncccc1-c1nccc(COc2ccc3cc2C[C@H](C(=O)O)Oc2ncnc4sc(-c5ccc(F)cc5)c(c24)-c2ccc(c(Cl)c2C)O[C@H](CN2CCN(C)CC2)CO3)n1. The molecule has 14 nitrogen and oxygen atoms in total. The third kappa shape index (κ3) is 9.13. The quantitative estimate of drug-likeness (QED) is 0.149. The molecule has 10 rings (SSSR count). The molecular formula is C47H43ClFN7O7S. The molecule has 4 bridgehead atoms. The summed E-state index contributed by atoms with van der Waals surface area (Å²) in [5, 5.41) is 11.7. The zero-order valence-electron chi connectivity index (χ0n) is 35.2. The summed E-state index contributed by atoms with van der Waals surface area (Å²) in [6.07, 6.45) is 2.56. The number of hydrogen-bond donors (Lipinski definition) is 1. The summed E-state index contributed by atoms with van der Waals surface area (Å²) >= 11 is 8.58. The van der Waals surface area contributed by atoms with E-state index in [1.807, 2.05) is 25.1 Å². The van der Waals surface area contributed by atoms with Crippen LogP contribution in [0.1, 0.15) is 16.8 Å². The molecule has 4 aromatic heterocycles. The number of carboxylic acid groups (broad SMARTS) is 1. The first kappa shape index (κ1) is 42.8. The molecule has 1 N–H and O–H groups in total. The van der Waals surface area contributed by atoms with Crippen molar-refractivity contribution >= 4 is 39.1 Å². The number of carbonyl (C=O) groups is 1. The maximum atomic E-state index is 14.3. The van der Waals surface area contributed by atoms with Crippen LogP contribution >= 0.6 is 22.9 Å². The number of benzene rings is 3. The van der Waals surface area contributed by atoms with Crippen molar-refractivity contribution in [2.24, 2.45) is 0 Å². The molecule has 328 valence electrons.